The maximum absolute atomic E-state index is 11.7. The van der Waals surface area contributed by atoms with E-state index in [1.807, 2.05) is 14.1 Å². The Balaban J connectivity index is 3.27. The fourth-order valence-corrected chi connectivity index (χ4v) is 2.96. The minimum absolute atomic E-state index is 0.129. The van der Waals surface area contributed by atoms with Gasteiger partial charge in [0.25, 0.3) is 0 Å². The number of nitrogens with zero attached hydrogens (tertiary/aromatic N) is 1. The van der Waals surface area contributed by atoms with Crippen molar-refractivity contribution < 1.29 is 23.7 Å². The summed E-state index contributed by atoms with van der Waals surface area (Å²) in [6.45, 7) is 6.68. The summed E-state index contributed by atoms with van der Waals surface area (Å²) >= 11 is 0. The molecule has 0 rings (SSSR count). The fraction of sp³-hybridized carbons (Fsp3) is 0.750. The zero-order chi connectivity index (χ0) is 25.0. The van der Waals surface area contributed by atoms with Gasteiger partial charge >= 0.3 is 5.97 Å². The second-order valence-electron chi connectivity index (χ2n) is 8.46. The predicted molar refractivity (Wildman–Crippen MR) is 141 cm³/mol. The summed E-state index contributed by atoms with van der Waals surface area (Å²) in [6, 6.07) is 0. The normalized spacial score (nSPS) is 12.1. The fourth-order valence-electron chi connectivity index (χ4n) is 2.96. The summed E-state index contributed by atoms with van der Waals surface area (Å²) in [7, 11) is 4.04. The number of esters is 1. The molecule has 0 aromatic carbocycles. The van der Waals surface area contributed by atoms with Crippen LogP contribution in [0.3, 0.4) is 0 Å². The van der Waals surface area contributed by atoms with Crippen molar-refractivity contribution in [2.45, 2.75) is 71.1 Å². The molecular weight excluding hydrogens is 430 g/mol. The summed E-state index contributed by atoms with van der Waals surface area (Å²) in [5.41, 5.74) is 0. The van der Waals surface area contributed by atoms with Crippen molar-refractivity contribution in [3.8, 4) is 0 Å². The van der Waals surface area contributed by atoms with Gasteiger partial charge in [0.15, 0.2) is 0 Å². The first kappa shape index (κ1) is 32.5. The molecule has 0 atom stereocenters. The van der Waals surface area contributed by atoms with Gasteiger partial charge < -0.3 is 23.8 Å². The van der Waals surface area contributed by atoms with E-state index in [-0.39, 0.29) is 5.97 Å². The van der Waals surface area contributed by atoms with Crippen molar-refractivity contribution >= 4 is 5.97 Å². The lowest BCUT2D eigenvalue weighted by atomic mass is 10.1. The molecule has 0 saturated heterocycles. The van der Waals surface area contributed by atoms with Crippen molar-refractivity contribution in [3.63, 3.8) is 0 Å². The van der Waals surface area contributed by atoms with Crippen molar-refractivity contribution in [1.82, 2.24) is 4.90 Å². The second-order valence-corrected chi connectivity index (χ2v) is 8.46. The third-order valence-electron chi connectivity index (χ3n) is 4.95. The van der Waals surface area contributed by atoms with E-state index in [1.165, 1.54) is 19.3 Å². The molecule has 34 heavy (non-hydrogen) atoms. The lowest BCUT2D eigenvalue weighted by molar-refractivity contribution is -0.145. The largest absolute Gasteiger partial charge is 0.463 e. The van der Waals surface area contributed by atoms with Crippen LogP contribution in [0.25, 0.3) is 0 Å². The van der Waals surface area contributed by atoms with Gasteiger partial charge in [-0.3, -0.25) is 4.79 Å². The van der Waals surface area contributed by atoms with E-state index in [9.17, 15) is 4.79 Å². The van der Waals surface area contributed by atoms with E-state index in [0.29, 0.717) is 52.7 Å². The molecule has 0 fully saturated rings. The highest BCUT2D eigenvalue weighted by Gasteiger charge is 2.02. The zero-order valence-corrected chi connectivity index (χ0v) is 22.2. The van der Waals surface area contributed by atoms with E-state index in [1.54, 1.807) is 0 Å². The number of rotatable bonds is 25. The van der Waals surface area contributed by atoms with Crippen LogP contribution >= 0.6 is 0 Å². The van der Waals surface area contributed by atoms with Gasteiger partial charge in [-0.25, -0.2) is 0 Å². The zero-order valence-electron chi connectivity index (χ0n) is 22.2. The Labute approximate surface area is 209 Å². The highest BCUT2D eigenvalue weighted by molar-refractivity contribution is 5.69. The van der Waals surface area contributed by atoms with Gasteiger partial charge in [-0.1, -0.05) is 62.6 Å². The Hall–Kier alpha value is -1.47. The van der Waals surface area contributed by atoms with E-state index < -0.39 is 0 Å². The van der Waals surface area contributed by atoms with Gasteiger partial charge in [-0.05, 0) is 52.6 Å². The lowest BCUT2D eigenvalue weighted by Gasteiger charge is -2.10. The Kier molecular flexibility index (Phi) is 26.6. The van der Waals surface area contributed by atoms with Crippen molar-refractivity contribution in [2.75, 3.05) is 66.9 Å². The number of allylic oxidation sites excluding steroid dienone is 6. The van der Waals surface area contributed by atoms with Gasteiger partial charge in [-0.15, -0.1) is 0 Å². The summed E-state index contributed by atoms with van der Waals surface area (Å²) in [5.74, 6) is -0.129. The highest BCUT2D eigenvalue weighted by Crippen LogP contribution is 2.08. The number of likely N-dealkylation sites (N-methyl/N-ethyl adjacent to an activating group) is 1. The molecule has 0 bridgehead atoms. The van der Waals surface area contributed by atoms with Gasteiger partial charge in [0.1, 0.15) is 6.61 Å². The number of unbranched alkanes of at least 4 members (excludes halogenated alkanes) is 5. The van der Waals surface area contributed by atoms with E-state index >= 15 is 0 Å². The monoisotopic (exact) mass is 481 g/mol. The third-order valence-corrected chi connectivity index (χ3v) is 4.95. The molecule has 0 amide bonds. The molecule has 0 saturated carbocycles. The molecule has 0 aromatic rings. The molecule has 6 nitrogen and oxygen atoms in total. The van der Waals surface area contributed by atoms with Crippen LogP contribution in [0.2, 0.25) is 0 Å². The molecule has 0 aromatic heterocycles. The molecule has 198 valence electrons. The van der Waals surface area contributed by atoms with Crippen LogP contribution in [-0.2, 0) is 23.7 Å². The van der Waals surface area contributed by atoms with Gasteiger partial charge in [0.2, 0.25) is 0 Å². The molecule has 6 heteroatoms. The average Bonchev–Trinajstić information content (AvgIpc) is 2.82. The number of carbonyl (C=O) groups excluding carboxylic acids is 1. The van der Waals surface area contributed by atoms with E-state index in [4.69, 9.17) is 18.9 Å². The van der Waals surface area contributed by atoms with Crippen LogP contribution in [0.1, 0.15) is 71.1 Å². The van der Waals surface area contributed by atoms with Crippen LogP contribution in [0.5, 0.6) is 0 Å². The first-order chi connectivity index (χ1) is 16.7. The summed E-state index contributed by atoms with van der Waals surface area (Å²) in [5, 5.41) is 0. The smallest absolute Gasteiger partial charge is 0.305 e. The SMILES string of the molecule is CC/C=C\C/C=C\C/C=C\CCCCCCCC(=O)OCCOCCOCCOCCN(C)C. The molecule has 0 heterocycles. The Morgan fingerprint density at radius 3 is 1.82 bits per heavy atom. The molecule has 0 aliphatic carbocycles. The van der Waals surface area contributed by atoms with Crippen LogP contribution in [-0.4, -0.2) is 77.8 Å². The second kappa shape index (κ2) is 27.8. The predicted octanol–water partition coefficient (Wildman–Crippen LogP) is 5.73. The Bertz CT molecular complexity index is 517. The molecule has 0 N–H and O–H groups in total. The van der Waals surface area contributed by atoms with Gasteiger partial charge in [0.05, 0.1) is 39.6 Å². The molecule has 0 unspecified atom stereocenters. The maximum atomic E-state index is 11.7. The topological polar surface area (TPSA) is 57.2 Å². The Morgan fingerprint density at radius 2 is 1.18 bits per heavy atom. The van der Waals surface area contributed by atoms with Crippen LogP contribution < -0.4 is 0 Å². The van der Waals surface area contributed by atoms with Gasteiger partial charge in [-0.2, -0.15) is 0 Å². The Morgan fingerprint density at radius 1 is 0.647 bits per heavy atom. The molecule has 0 radical (unpaired) electrons. The summed E-state index contributed by atoms with van der Waals surface area (Å²) in [4.78, 5) is 13.8. The number of carbonyl (C=O) groups is 1. The quantitative estimate of drug-likeness (QED) is 0.0943. The average molecular weight is 482 g/mol. The maximum Gasteiger partial charge on any atom is 0.305 e. The standard InChI is InChI=1S/C28H51NO5/c1-4-5-6-7-8-9-10-11-12-13-14-15-16-17-18-19-28(30)34-27-26-33-25-24-32-23-22-31-21-20-29(2)3/h5-6,8-9,11-12H,4,7,10,13-27H2,1-3H3/b6-5-,9-8-,12-11-. The van der Waals surface area contributed by atoms with Crippen molar-refractivity contribution in [1.29, 1.82) is 0 Å². The highest BCUT2D eigenvalue weighted by atomic mass is 16.6. The number of hydrogen-bond acceptors (Lipinski definition) is 6. The molecular formula is C28H51NO5. The molecule has 0 spiro atoms. The minimum atomic E-state index is -0.129. The minimum Gasteiger partial charge on any atom is -0.463 e. The van der Waals surface area contributed by atoms with Crippen LogP contribution in [0.15, 0.2) is 36.5 Å². The lowest BCUT2D eigenvalue weighted by Crippen LogP contribution is -2.19. The van der Waals surface area contributed by atoms with E-state index in [2.05, 4.69) is 48.3 Å². The first-order valence-electron chi connectivity index (χ1n) is 13.1. The van der Waals surface area contributed by atoms with Crippen LogP contribution in [0.4, 0.5) is 0 Å². The number of hydrogen-bond donors (Lipinski definition) is 0. The van der Waals surface area contributed by atoms with E-state index in [0.717, 1.165) is 45.1 Å². The van der Waals surface area contributed by atoms with Crippen LogP contribution in [0, 0.1) is 0 Å². The summed E-state index contributed by atoms with van der Waals surface area (Å²) in [6.07, 6.45) is 23.8. The van der Waals surface area contributed by atoms with Crippen molar-refractivity contribution in [3.05, 3.63) is 36.5 Å². The summed E-state index contributed by atoms with van der Waals surface area (Å²) < 4.78 is 21.5. The first-order valence-corrected chi connectivity index (χ1v) is 13.1. The van der Waals surface area contributed by atoms with Gasteiger partial charge in [0, 0.05) is 13.0 Å². The van der Waals surface area contributed by atoms with Crippen molar-refractivity contribution in [2.24, 2.45) is 0 Å². The third kappa shape index (κ3) is 28.6. The molecule has 0 aliphatic rings. The molecule has 0 aliphatic heterocycles. The number of ether oxygens (including phenoxy) is 4.